The van der Waals surface area contributed by atoms with E-state index in [9.17, 15) is 19.5 Å². The second-order valence-electron chi connectivity index (χ2n) is 6.92. The Labute approximate surface area is 203 Å². The van der Waals surface area contributed by atoms with E-state index in [1.165, 1.54) is 32.5 Å². The highest BCUT2D eigenvalue weighted by molar-refractivity contribution is 6.39. The number of nitrogens with zero attached hydrogens (tertiary/aromatic N) is 1. The number of ether oxygens (including phenoxy) is 2. The van der Waals surface area contributed by atoms with Gasteiger partial charge in [-0.3, -0.25) is 9.78 Å². The van der Waals surface area contributed by atoms with Gasteiger partial charge in [-0.15, -0.1) is 0 Å². The van der Waals surface area contributed by atoms with E-state index >= 15 is 0 Å². The van der Waals surface area contributed by atoms with Crippen LogP contribution in [0.25, 0.3) is 0 Å². The average molecular weight is 507 g/mol. The number of para-hydroxylation sites is 1. The molecule has 1 amide bonds. The van der Waals surface area contributed by atoms with Crippen LogP contribution < -0.4 is 25.8 Å². The zero-order valence-electron chi connectivity index (χ0n) is 18.0. The molecule has 4 N–H and O–H groups in total. The molecular formula is C22H20Cl2N4O6. The fraction of sp³-hybridized carbons (Fsp3) is 0.182. The van der Waals surface area contributed by atoms with E-state index in [2.05, 4.69) is 20.6 Å². The molecule has 178 valence electrons. The summed E-state index contributed by atoms with van der Waals surface area (Å²) in [4.78, 5) is 42.8. The fourth-order valence-corrected chi connectivity index (χ4v) is 3.72. The number of nitrogens with one attached hydrogen (secondary N) is 3. The van der Waals surface area contributed by atoms with Crippen molar-refractivity contribution in [1.29, 1.82) is 0 Å². The number of H-pyrrole nitrogens is 1. The van der Waals surface area contributed by atoms with Crippen molar-refractivity contribution in [2.75, 3.05) is 19.5 Å². The lowest BCUT2D eigenvalue weighted by Crippen LogP contribution is -2.42. The smallest absolute Gasteiger partial charge is 0.346 e. The van der Waals surface area contributed by atoms with Crippen LogP contribution in [0.3, 0.4) is 0 Å². The largest absolute Gasteiger partial charge is 0.494 e. The molecule has 0 aliphatic carbocycles. The van der Waals surface area contributed by atoms with E-state index in [4.69, 9.17) is 32.7 Å². The zero-order chi connectivity index (χ0) is 24.8. The Hall–Kier alpha value is -3.76. The Morgan fingerprint density at radius 2 is 1.68 bits per heavy atom. The number of aromatic nitrogens is 2. The van der Waals surface area contributed by atoms with Crippen LogP contribution >= 0.6 is 23.2 Å². The molecule has 0 bridgehead atoms. The zero-order valence-corrected chi connectivity index (χ0v) is 19.5. The number of aromatic amines is 1. The van der Waals surface area contributed by atoms with Gasteiger partial charge in [0, 0.05) is 18.2 Å². The number of carboxylic acids is 1. The van der Waals surface area contributed by atoms with Crippen molar-refractivity contribution in [3.8, 4) is 11.5 Å². The Bertz CT molecular complexity index is 1240. The van der Waals surface area contributed by atoms with Crippen molar-refractivity contribution in [2.45, 2.75) is 12.5 Å². The van der Waals surface area contributed by atoms with Crippen molar-refractivity contribution >= 4 is 46.6 Å². The summed E-state index contributed by atoms with van der Waals surface area (Å²) >= 11 is 12.1. The summed E-state index contributed by atoms with van der Waals surface area (Å²) in [6.45, 7) is 0. The van der Waals surface area contributed by atoms with Gasteiger partial charge in [0.05, 0.1) is 29.8 Å². The molecule has 0 aliphatic rings. The minimum Gasteiger partial charge on any atom is -0.494 e. The molecule has 0 fully saturated rings. The summed E-state index contributed by atoms with van der Waals surface area (Å²) < 4.78 is 10.7. The number of halogens is 2. The molecule has 2 aromatic carbocycles. The van der Waals surface area contributed by atoms with Gasteiger partial charge in [0.15, 0.2) is 0 Å². The number of methoxy groups -OCH3 is 2. The molecule has 0 saturated carbocycles. The van der Waals surface area contributed by atoms with E-state index < -0.39 is 23.6 Å². The maximum absolute atomic E-state index is 12.7. The second-order valence-corrected chi connectivity index (χ2v) is 7.73. The van der Waals surface area contributed by atoms with Crippen molar-refractivity contribution in [2.24, 2.45) is 0 Å². The Balaban J connectivity index is 1.94. The summed E-state index contributed by atoms with van der Waals surface area (Å²) in [6.07, 6.45) is 0.986. The van der Waals surface area contributed by atoms with Crippen LogP contribution in [-0.4, -0.2) is 47.2 Å². The Morgan fingerprint density at radius 1 is 1.09 bits per heavy atom. The van der Waals surface area contributed by atoms with Gasteiger partial charge in [-0.2, -0.15) is 0 Å². The third-order valence-corrected chi connectivity index (χ3v) is 5.42. The number of hydrogen-bond donors (Lipinski definition) is 4. The monoisotopic (exact) mass is 506 g/mol. The molecule has 1 heterocycles. The van der Waals surface area contributed by atoms with E-state index in [1.807, 2.05) is 0 Å². The quantitative estimate of drug-likeness (QED) is 0.346. The summed E-state index contributed by atoms with van der Waals surface area (Å²) in [5.74, 6) is -1.09. The molecule has 1 unspecified atom stereocenters. The highest BCUT2D eigenvalue weighted by atomic mass is 35.5. The lowest BCUT2D eigenvalue weighted by atomic mass is 10.1. The molecular weight excluding hydrogens is 487 g/mol. The molecule has 0 aliphatic heterocycles. The third kappa shape index (κ3) is 5.59. The molecule has 0 spiro atoms. The summed E-state index contributed by atoms with van der Waals surface area (Å²) in [6, 6.07) is 8.17. The number of amides is 1. The first-order valence-electron chi connectivity index (χ1n) is 9.79. The van der Waals surface area contributed by atoms with E-state index in [-0.39, 0.29) is 27.8 Å². The van der Waals surface area contributed by atoms with E-state index in [0.717, 1.165) is 0 Å². The van der Waals surface area contributed by atoms with E-state index in [0.29, 0.717) is 22.7 Å². The van der Waals surface area contributed by atoms with Gasteiger partial charge in [0.2, 0.25) is 0 Å². The van der Waals surface area contributed by atoms with Crippen molar-refractivity contribution in [3.05, 3.63) is 74.3 Å². The van der Waals surface area contributed by atoms with Crippen LogP contribution in [0.2, 0.25) is 10.0 Å². The highest BCUT2D eigenvalue weighted by Gasteiger charge is 2.25. The number of anilines is 2. The number of rotatable bonds is 9. The highest BCUT2D eigenvalue weighted by Crippen LogP contribution is 2.36. The molecule has 3 aromatic rings. The summed E-state index contributed by atoms with van der Waals surface area (Å²) in [5, 5.41) is 15.3. The number of carbonyl (C=O) groups is 2. The molecule has 1 atom stereocenters. The topological polar surface area (TPSA) is 143 Å². The van der Waals surface area contributed by atoms with Crippen LogP contribution in [-0.2, 0) is 11.2 Å². The maximum Gasteiger partial charge on any atom is 0.346 e. The number of hydrogen-bond acceptors (Lipinski definition) is 7. The number of aliphatic carboxylic acids is 1. The van der Waals surface area contributed by atoms with Gasteiger partial charge in [-0.1, -0.05) is 35.3 Å². The molecule has 0 saturated heterocycles. The lowest BCUT2D eigenvalue weighted by Gasteiger charge is -2.19. The number of carboxylic acid groups (broad SMARTS) is 1. The SMILES string of the molecule is COc1cccc(OC)c1Nc1[nH]c(=O)ncc1CC(NC(=O)c1c(Cl)cccc1Cl)C(=O)O. The fourth-order valence-electron chi connectivity index (χ4n) is 3.15. The van der Waals surface area contributed by atoms with E-state index in [1.54, 1.807) is 24.3 Å². The first kappa shape index (κ1) is 24.9. The first-order valence-corrected chi connectivity index (χ1v) is 10.5. The van der Waals surface area contributed by atoms with Gasteiger partial charge in [-0.25, -0.2) is 14.6 Å². The summed E-state index contributed by atoms with van der Waals surface area (Å²) in [5.41, 5.74) is -0.0208. The predicted molar refractivity (Wildman–Crippen MR) is 127 cm³/mol. The number of benzene rings is 2. The molecule has 0 radical (unpaired) electrons. The molecule has 10 nitrogen and oxygen atoms in total. The maximum atomic E-state index is 12.7. The lowest BCUT2D eigenvalue weighted by molar-refractivity contribution is -0.139. The molecule has 12 heteroatoms. The normalized spacial score (nSPS) is 11.4. The second kappa shape index (κ2) is 10.9. The minimum atomic E-state index is -1.40. The number of carbonyl (C=O) groups excluding carboxylic acids is 1. The van der Waals surface area contributed by atoms with Crippen LogP contribution in [0, 0.1) is 0 Å². The van der Waals surface area contributed by atoms with Gasteiger partial charge in [0.1, 0.15) is 29.0 Å². The average Bonchev–Trinajstić information content (AvgIpc) is 2.80. The van der Waals surface area contributed by atoms with Crippen LogP contribution in [0.1, 0.15) is 15.9 Å². The van der Waals surface area contributed by atoms with Gasteiger partial charge in [-0.05, 0) is 24.3 Å². The van der Waals surface area contributed by atoms with Gasteiger partial charge >= 0.3 is 11.7 Å². The van der Waals surface area contributed by atoms with Crippen molar-refractivity contribution in [3.63, 3.8) is 0 Å². The van der Waals surface area contributed by atoms with Crippen LogP contribution in [0.5, 0.6) is 11.5 Å². The van der Waals surface area contributed by atoms with Gasteiger partial charge in [0.25, 0.3) is 5.91 Å². The summed E-state index contributed by atoms with van der Waals surface area (Å²) in [7, 11) is 2.93. The van der Waals surface area contributed by atoms with Crippen LogP contribution in [0.15, 0.2) is 47.4 Å². The van der Waals surface area contributed by atoms with Crippen LogP contribution in [0.4, 0.5) is 11.5 Å². The standard InChI is InChI=1S/C22H20Cl2N4O6/c1-33-15-7-4-8-16(34-2)18(15)27-19-11(10-25-22(32)28-19)9-14(21(30)31)26-20(29)17-12(23)5-3-6-13(17)24/h3-8,10,14H,9H2,1-2H3,(H,26,29)(H,30,31)(H2,25,27,28,32). The predicted octanol–water partition coefficient (Wildman–Crippen LogP) is 3.26. The Morgan fingerprint density at radius 3 is 2.24 bits per heavy atom. The van der Waals surface area contributed by atoms with Crippen molar-refractivity contribution < 1.29 is 24.2 Å². The molecule has 3 rings (SSSR count). The molecule has 1 aromatic heterocycles. The third-order valence-electron chi connectivity index (χ3n) is 4.79. The minimum absolute atomic E-state index is 0.0474. The Kier molecular flexibility index (Phi) is 7.98. The van der Waals surface area contributed by atoms with Crippen molar-refractivity contribution in [1.82, 2.24) is 15.3 Å². The molecule has 34 heavy (non-hydrogen) atoms. The first-order chi connectivity index (χ1) is 16.2. The van der Waals surface area contributed by atoms with Gasteiger partial charge < -0.3 is 25.2 Å².